The average molecular weight is 338 g/mol. The van der Waals surface area contributed by atoms with Gasteiger partial charge < -0.3 is 5.73 Å². The summed E-state index contributed by atoms with van der Waals surface area (Å²) in [5, 5.41) is 0.676. The number of pyridine rings is 1. The largest absolute Gasteiger partial charge is 0.369 e. The summed E-state index contributed by atoms with van der Waals surface area (Å²) in [7, 11) is 0. The molecule has 0 fully saturated rings. The SMILES string of the molecule is Cc1cc(Br)c(-n2c(N)nc3cccnc32)cc1Cl. The topological polar surface area (TPSA) is 56.7 Å². The maximum absolute atomic E-state index is 6.19. The molecule has 19 heavy (non-hydrogen) atoms. The van der Waals surface area contributed by atoms with Crippen LogP contribution in [0, 0.1) is 6.92 Å². The Kier molecular flexibility index (Phi) is 2.95. The van der Waals surface area contributed by atoms with Crippen LogP contribution in [0.3, 0.4) is 0 Å². The summed E-state index contributed by atoms with van der Waals surface area (Å²) in [5.74, 6) is 0.384. The Morgan fingerprint density at radius 3 is 2.95 bits per heavy atom. The van der Waals surface area contributed by atoms with E-state index in [1.54, 1.807) is 10.8 Å². The zero-order valence-corrected chi connectivity index (χ0v) is 12.4. The maximum Gasteiger partial charge on any atom is 0.207 e. The highest BCUT2D eigenvalue weighted by atomic mass is 79.9. The summed E-state index contributed by atoms with van der Waals surface area (Å²) in [6.07, 6.45) is 1.71. The second-order valence-electron chi connectivity index (χ2n) is 4.20. The van der Waals surface area contributed by atoms with Gasteiger partial charge in [-0.1, -0.05) is 11.6 Å². The number of rotatable bonds is 1. The predicted octanol–water partition coefficient (Wildman–Crippen LogP) is 3.73. The number of anilines is 1. The number of halogens is 2. The predicted molar refractivity (Wildman–Crippen MR) is 80.7 cm³/mol. The number of hydrogen-bond acceptors (Lipinski definition) is 3. The first-order valence-corrected chi connectivity index (χ1v) is 6.80. The third-order valence-electron chi connectivity index (χ3n) is 2.91. The lowest BCUT2D eigenvalue weighted by atomic mass is 10.2. The first-order valence-electron chi connectivity index (χ1n) is 5.63. The van der Waals surface area contributed by atoms with Crippen molar-refractivity contribution in [2.24, 2.45) is 0 Å². The van der Waals surface area contributed by atoms with Gasteiger partial charge in [0.1, 0.15) is 5.52 Å². The minimum absolute atomic E-state index is 0.384. The summed E-state index contributed by atoms with van der Waals surface area (Å²) in [4.78, 5) is 8.63. The Balaban J connectivity index is 2.36. The average Bonchev–Trinajstić information content (AvgIpc) is 2.70. The molecule has 3 rings (SSSR count). The van der Waals surface area contributed by atoms with E-state index in [1.165, 1.54) is 0 Å². The van der Waals surface area contributed by atoms with Crippen LogP contribution in [0.25, 0.3) is 16.9 Å². The lowest BCUT2D eigenvalue weighted by Crippen LogP contribution is -2.02. The highest BCUT2D eigenvalue weighted by Crippen LogP contribution is 2.31. The molecule has 4 nitrogen and oxygen atoms in total. The van der Waals surface area contributed by atoms with Crippen LogP contribution in [0.1, 0.15) is 5.56 Å². The van der Waals surface area contributed by atoms with Crippen molar-refractivity contribution >= 4 is 44.6 Å². The summed E-state index contributed by atoms with van der Waals surface area (Å²) in [6, 6.07) is 7.51. The molecule has 3 aromatic rings. The molecular weight excluding hydrogens is 328 g/mol. The van der Waals surface area contributed by atoms with Gasteiger partial charge in [-0.2, -0.15) is 0 Å². The van der Waals surface area contributed by atoms with Gasteiger partial charge in [-0.3, -0.25) is 4.57 Å². The Labute approximate surface area is 123 Å². The minimum atomic E-state index is 0.384. The molecule has 0 amide bonds. The third-order valence-corrected chi connectivity index (χ3v) is 3.95. The van der Waals surface area contributed by atoms with Crippen LogP contribution in [0.5, 0.6) is 0 Å². The van der Waals surface area contributed by atoms with Crippen molar-refractivity contribution in [3.63, 3.8) is 0 Å². The van der Waals surface area contributed by atoms with E-state index in [-0.39, 0.29) is 0 Å². The molecule has 0 atom stereocenters. The Morgan fingerprint density at radius 1 is 1.37 bits per heavy atom. The molecule has 2 N–H and O–H groups in total. The summed E-state index contributed by atoms with van der Waals surface area (Å²) < 4.78 is 2.68. The fraction of sp³-hybridized carbons (Fsp3) is 0.0769. The molecule has 2 aromatic heterocycles. The first-order chi connectivity index (χ1) is 9.08. The molecule has 0 saturated heterocycles. The van der Waals surface area contributed by atoms with E-state index >= 15 is 0 Å². The van der Waals surface area contributed by atoms with Gasteiger partial charge in [0.05, 0.1) is 5.69 Å². The van der Waals surface area contributed by atoms with Crippen molar-refractivity contribution in [3.8, 4) is 5.69 Å². The number of imidazole rings is 1. The number of nitrogen functional groups attached to an aromatic ring is 1. The lowest BCUT2D eigenvalue weighted by molar-refractivity contribution is 1.07. The van der Waals surface area contributed by atoms with Crippen molar-refractivity contribution in [2.45, 2.75) is 6.92 Å². The molecule has 0 aliphatic carbocycles. The van der Waals surface area contributed by atoms with E-state index in [4.69, 9.17) is 17.3 Å². The fourth-order valence-electron chi connectivity index (χ4n) is 1.97. The Bertz CT molecular complexity index is 782. The van der Waals surface area contributed by atoms with E-state index in [0.717, 1.165) is 21.2 Å². The molecule has 2 heterocycles. The van der Waals surface area contributed by atoms with E-state index in [0.29, 0.717) is 16.6 Å². The molecular formula is C13H10BrClN4. The van der Waals surface area contributed by atoms with Crippen molar-refractivity contribution in [1.82, 2.24) is 14.5 Å². The maximum atomic E-state index is 6.19. The molecule has 0 radical (unpaired) electrons. The number of aromatic nitrogens is 3. The van der Waals surface area contributed by atoms with Crippen LogP contribution in [-0.2, 0) is 0 Å². The van der Waals surface area contributed by atoms with Crippen LogP contribution in [0.2, 0.25) is 5.02 Å². The van der Waals surface area contributed by atoms with Gasteiger partial charge in [0, 0.05) is 15.7 Å². The second kappa shape index (κ2) is 4.51. The van der Waals surface area contributed by atoms with Crippen LogP contribution in [0.4, 0.5) is 5.95 Å². The number of benzene rings is 1. The Hall–Kier alpha value is -1.59. The van der Waals surface area contributed by atoms with Gasteiger partial charge in [-0.25, -0.2) is 9.97 Å². The highest BCUT2D eigenvalue weighted by Gasteiger charge is 2.14. The number of hydrogen-bond donors (Lipinski definition) is 1. The zero-order chi connectivity index (χ0) is 13.6. The summed E-state index contributed by atoms with van der Waals surface area (Å²) >= 11 is 9.72. The molecule has 0 aliphatic rings. The van der Waals surface area contributed by atoms with Gasteiger partial charge in [-0.05, 0) is 52.7 Å². The van der Waals surface area contributed by atoms with Gasteiger partial charge >= 0.3 is 0 Å². The lowest BCUT2D eigenvalue weighted by Gasteiger charge is -2.10. The standard InChI is InChI=1S/C13H10BrClN4/c1-7-5-8(14)11(6-9(7)15)19-12-10(18-13(19)16)3-2-4-17-12/h2-6H,1H3,(H2,16,18). The molecule has 1 aromatic carbocycles. The highest BCUT2D eigenvalue weighted by molar-refractivity contribution is 9.10. The molecule has 96 valence electrons. The van der Waals surface area contributed by atoms with Crippen molar-refractivity contribution in [1.29, 1.82) is 0 Å². The van der Waals surface area contributed by atoms with Gasteiger partial charge in [-0.15, -0.1) is 0 Å². The summed E-state index contributed by atoms with van der Waals surface area (Å²) in [5.41, 5.74) is 9.27. The number of aryl methyl sites for hydroxylation is 1. The van der Waals surface area contributed by atoms with Crippen LogP contribution in [0.15, 0.2) is 34.9 Å². The minimum Gasteiger partial charge on any atom is -0.369 e. The van der Waals surface area contributed by atoms with Crippen LogP contribution < -0.4 is 5.73 Å². The molecule has 0 bridgehead atoms. The third kappa shape index (κ3) is 1.99. The second-order valence-corrected chi connectivity index (χ2v) is 5.47. The molecule has 6 heteroatoms. The van der Waals surface area contributed by atoms with Crippen molar-refractivity contribution < 1.29 is 0 Å². The van der Waals surface area contributed by atoms with Gasteiger partial charge in [0.25, 0.3) is 0 Å². The normalized spacial score (nSPS) is 11.1. The zero-order valence-electron chi connectivity index (χ0n) is 10.1. The van der Waals surface area contributed by atoms with Crippen LogP contribution >= 0.6 is 27.5 Å². The monoisotopic (exact) mass is 336 g/mol. The van der Waals surface area contributed by atoms with Gasteiger partial charge in [0.15, 0.2) is 5.65 Å². The summed E-state index contributed by atoms with van der Waals surface area (Å²) in [6.45, 7) is 1.95. The van der Waals surface area contributed by atoms with Crippen molar-refractivity contribution in [3.05, 3.63) is 45.5 Å². The van der Waals surface area contributed by atoms with Gasteiger partial charge in [0.2, 0.25) is 5.95 Å². The number of nitrogens with two attached hydrogens (primary N) is 1. The first kappa shape index (κ1) is 12.4. The molecule has 0 spiro atoms. The quantitative estimate of drug-likeness (QED) is 0.736. The molecule has 0 aliphatic heterocycles. The molecule has 0 saturated carbocycles. The number of fused-ring (bicyclic) bond motifs is 1. The van der Waals surface area contributed by atoms with Crippen molar-refractivity contribution in [2.75, 3.05) is 5.73 Å². The van der Waals surface area contributed by atoms with E-state index in [2.05, 4.69) is 25.9 Å². The van der Waals surface area contributed by atoms with E-state index in [1.807, 2.05) is 31.2 Å². The van der Waals surface area contributed by atoms with E-state index in [9.17, 15) is 0 Å². The smallest absolute Gasteiger partial charge is 0.207 e. The van der Waals surface area contributed by atoms with Crippen LogP contribution in [-0.4, -0.2) is 14.5 Å². The van der Waals surface area contributed by atoms with E-state index < -0.39 is 0 Å². The Morgan fingerprint density at radius 2 is 2.16 bits per heavy atom. The number of nitrogens with zero attached hydrogens (tertiary/aromatic N) is 3. The fourth-order valence-corrected chi connectivity index (χ4v) is 2.77. The molecule has 0 unspecified atom stereocenters.